The largest absolute Gasteiger partial charge is 0.338 e. The molecule has 1 atom stereocenters. The molecule has 0 spiro atoms. The molecule has 3 nitrogen and oxygen atoms in total. The second kappa shape index (κ2) is 8.74. The van der Waals surface area contributed by atoms with Gasteiger partial charge in [-0.2, -0.15) is 11.8 Å². The first-order valence-electron chi connectivity index (χ1n) is 8.96. The van der Waals surface area contributed by atoms with E-state index >= 15 is 0 Å². The number of benzene rings is 1. The molecule has 2 fully saturated rings. The molecule has 0 radical (unpaired) electrons. The first-order chi connectivity index (χ1) is 11.3. The van der Waals surface area contributed by atoms with Gasteiger partial charge in [0.2, 0.25) is 5.91 Å². The monoisotopic (exact) mass is 332 g/mol. The molecule has 1 amide bonds. The lowest BCUT2D eigenvalue weighted by Crippen LogP contribution is -2.47. The minimum atomic E-state index is 0.348. The lowest BCUT2D eigenvalue weighted by Gasteiger charge is -2.33. The second-order valence-corrected chi connectivity index (χ2v) is 7.81. The summed E-state index contributed by atoms with van der Waals surface area (Å²) < 4.78 is 0. The van der Waals surface area contributed by atoms with Crippen LogP contribution in [-0.2, 0) is 11.2 Å². The number of hydrogen-bond donors (Lipinski definition) is 0. The molecule has 126 valence electrons. The lowest BCUT2D eigenvalue weighted by molar-refractivity contribution is -0.133. The molecule has 0 aliphatic carbocycles. The van der Waals surface area contributed by atoms with Crippen molar-refractivity contribution in [1.29, 1.82) is 0 Å². The van der Waals surface area contributed by atoms with Crippen molar-refractivity contribution < 1.29 is 4.79 Å². The van der Waals surface area contributed by atoms with E-state index in [9.17, 15) is 4.79 Å². The number of carbonyl (C=O) groups is 1. The van der Waals surface area contributed by atoms with Crippen LogP contribution in [0.25, 0.3) is 0 Å². The quantitative estimate of drug-likeness (QED) is 0.828. The summed E-state index contributed by atoms with van der Waals surface area (Å²) in [7, 11) is 0. The third-order valence-corrected chi connectivity index (χ3v) is 6.09. The molecule has 1 aromatic rings. The lowest BCUT2D eigenvalue weighted by atomic mass is 10.1. The molecule has 2 aliphatic rings. The average molecular weight is 333 g/mol. The highest BCUT2D eigenvalue weighted by atomic mass is 32.2. The summed E-state index contributed by atoms with van der Waals surface area (Å²) in [6.07, 6.45) is 5.28. The van der Waals surface area contributed by atoms with Gasteiger partial charge in [0.05, 0.1) is 6.04 Å². The zero-order chi connectivity index (χ0) is 15.9. The van der Waals surface area contributed by atoms with Gasteiger partial charge in [0.25, 0.3) is 0 Å². The summed E-state index contributed by atoms with van der Waals surface area (Å²) in [5.41, 5.74) is 1.26. The highest BCUT2D eigenvalue weighted by Gasteiger charge is 2.27. The normalized spacial score (nSPS) is 23.0. The van der Waals surface area contributed by atoms with Crippen molar-refractivity contribution in [2.75, 3.05) is 37.7 Å². The summed E-state index contributed by atoms with van der Waals surface area (Å²) in [6, 6.07) is 10.8. The molecule has 0 aromatic heterocycles. The van der Waals surface area contributed by atoms with E-state index in [0.29, 0.717) is 18.4 Å². The molecule has 23 heavy (non-hydrogen) atoms. The number of rotatable bonds is 5. The van der Waals surface area contributed by atoms with Crippen LogP contribution >= 0.6 is 11.8 Å². The van der Waals surface area contributed by atoms with Gasteiger partial charge >= 0.3 is 0 Å². The molecule has 1 unspecified atom stereocenters. The topological polar surface area (TPSA) is 23.6 Å². The SMILES string of the molecule is O=C(CCc1ccccc1)N1CCCSCC1CN1CCCC1. The van der Waals surface area contributed by atoms with Crippen molar-refractivity contribution >= 4 is 17.7 Å². The van der Waals surface area contributed by atoms with Crippen molar-refractivity contribution in [1.82, 2.24) is 9.80 Å². The van der Waals surface area contributed by atoms with E-state index in [0.717, 1.165) is 31.7 Å². The maximum Gasteiger partial charge on any atom is 0.223 e. The predicted octanol–water partition coefficient (Wildman–Crippen LogP) is 3.05. The van der Waals surface area contributed by atoms with E-state index in [2.05, 4.69) is 34.1 Å². The second-order valence-electron chi connectivity index (χ2n) is 6.66. The van der Waals surface area contributed by atoms with Crippen LogP contribution in [0.5, 0.6) is 0 Å². The van der Waals surface area contributed by atoms with E-state index < -0.39 is 0 Å². The van der Waals surface area contributed by atoms with Gasteiger partial charge in [-0.1, -0.05) is 30.3 Å². The third kappa shape index (κ3) is 4.98. The van der Waals surface area contributed by atoms with Crippen molar-refractivity contribution in [2.24, 2.45) is 0 Å². The van der Waals surface area contributed by atoms with Crippen LogP contribution in [0.2, 0.25) is 0 Å². The summed E-state index contributed by atoms with van der Waals surface area (Å²) in [6.45, 7) is 4.45. The van der Waals surface area contributed by atoms with Gasteiger partial charge in [0.1, 0.15) is 0 Å². The van der Waals surface area contributed by atoms with Crippen LogP contribution in [0.4, 0.5) is 0 Å². The summed E-state index contributed by atoms with van der Waals surface area (Å²) >= 11 is 2.02. The van der Waals surface area contributed by atoms with Crippen molar-refractivity contribution in [3.8, 4) is 0 Å². The van der Waals surface area contributed by atoms with E-state index in [1.165, 1.54) is 37.2 Å². The minimum Gasteiger partial charge on any atom is -0.338 e. The summed E-state index contributed by atoms with van der Waals surface area (Å²) in [5.74, 6) is 2.65. The fraction of sp³-hybridized carbons (Fsp3) is 0.632. The van der Waals surface area contributed by atoms with Gasteiger partial charge < -0.3 is 9.80 Å². The van der Waals surface area contributed by atoms with E-state index in [1.807, 2.05) is 17.8 Å². The van der Waals surface area contributed by atoms with Crippen LogP contribution in [0.15, 0.2) is 30.3 Å². The van der Waals surface area contributed by atoms with Crippen LogP contribution < -0.4 is 0 Å². The molecule has 3 rings (SSSR count). The Morgan fingerprint density at radius 1 is 1.09 bits per heavy atom. The average Bonchev–Trinajstić information content (AvgIpc) is 2.98. The van der Waals surface area contributed by atoms with Gasteiger partial charge in [0, 0.05) is 25.3 Å². The molecule has 0 N–H and O–H groups in total. The molecule has 1 aromatic carbocycles. The Labute approximate surface area is 144 Å². The van der Waals surface area contributed by atoms with Crippen molar-refractivity contribution in [3.63, 3.8) is 0 Å². The number of amides is 1. The zero-order valence-electron chi connectivity index (χ0n) is 14.0. The van der Waals surface area contributed by atoms with E-state index in [1.54, 1.807) is 0 Å². The number of nitrogens with zero attached hydrogens (tertiary/aromatic N) is 2. The maximum absolute atomic E-state index is 12.8. The van der Waals surface area contributed by atoms with Crippen LogP contribution in [0.1, 0.15) is 31.2 Å². The molecule has 0 saturated carbocycles. The standard InChI is InChI=1S/C19H28N2OS/c22-19(10-9-17-7-2-1-3-8-17)21-13-6-14-23-16-18(21)15-20-11-4-5-12-20/h1-3,7-8,18H,4-6,9-16H2. The fourth-order valence-corrected chi connectivity index (χ4v) is 4.67. The number of likely N-dealkylation sites (tertiary alicyclic amines) is 1. The van der Waals surface area contributed by atoms with Crippen LogP contribution in [-0.4, -0.2) is 59.4 Å². The van der Waals surface area contributed by atoms with Gasteiger partial charge in [-0.05, 0) is 50.1 Å². The smallest absolute Gasteiger partial charge is 0.223 e. The minimum absolute atomic E-state index is 0.348. The number of aryl methyl sites for hydroxylation is 1. The van der Waals surface area contributed by atoms with Crippen molar-refractivity contribution in [2.45, 2.75) is 38.1 Å². The maximum atomic E-state index is 12.8. The number of carbonyl (C=O) groups excluding carboxylic acids is 1. The molecular formula is C19H28N2OS. The van der Waals surface area contributed by atoms with Gasteiger partial charge in [-0.3, -0.25) is 4.79 Å². The molecule has 0 bridgehead atoms. The van der Waals surface area contributed by atoms with Crippen LogP contribution in [0, 0.1) is 0 Å². The number of hydrogen-bond acceptors (Lipinski definition) is 3. The Kier molecular flexibility index (Phi) is 6.40. The first-order valence-corrected chi connectivity index (χ1v) is 10.1. The van der Waals surface area contributed by atoms with E-state index in [-0.39, 0.29) is 0 Å². The van der Waals surface area contributed by atoms with E-state index in [4.69, 9.17) is 0 Å². The predicted molar refractivity (Wildman–Crippen MR) is 97.9 cm³/mol. The Hall–Kier alpha value is -1.00. The Morgan fingerprint density at radius 2 is 1.87 bits per heavy atom. The molecule has 4 heteroatoms. The highest BCUT2D eigenvalue weighted by molar-refractivity contribution is 7.99. The first kappa shape index (κ1) is 16.8. The van der Waals surface area contributed by atoms with Crippen molar-refractivity contribution in [3.05, 3.63) is 35.9 Å². The highest BCUT2D eigenvalue weighted by Crippen LogP contribution is 2.20. The Balaban J connectivity index is 1.57. The molecular weight excluding hydrogens is 304 g/mol. The number of thioether (sulfide) groups is 1. The Morgan fingerprint density at radius 3 is 2.65 bits per heavy atom. The molecule has 2 saturated heterocycles. The Bertz CT molecular complexity index is 487. The molecule has 2 heterocycles. The fourth-order valence-electron chi connectivity index (χ4n) is 3.61. The van der Waals surface area contributed by atoms with Gasteiger partial charge in [-0.25, -0.2) is 0 Å². The van der Waals surface area contributed by atoms with Gasteiger partial charge in [0.15, 0.2) is 0 Å². The summed E-state index contributed by atoms with van der Waals surface area (Å²) in [4.78, 5) is 17.6. The third-order valence-electron chi connectivity index (χ3n) is 4.90. The van der Waals surface area contributed by atoms with Gasteiger partial charge in [-0.15, -0.1) is 0 Å². The summed E-state index contributed by atoms with van der Waals surface area (Å²) in [5, 5.41) is 0. The molecule has 2 aliphatic heterocycles. The zero-order valence-corrected chi connectivity index (χ0v) is 14.8. The van der Waals surface area contributed by atoms with Crippen LogP contribution in [0.3, 0.4) is 0 Å².